The van der Waals surface area contributed by atoms with E-state index in [2.05, 4.69) is 4.18 Å². The van der Waals surface area contributed by atoms with Crippen LogP contribution in [0.2, 0.25) is 0 Å². The normalized spacial score (nSPS) is 11.2. The van der Waals surface area contributed by atoms with Crippen LogP contribution in [0.4, 0.5) is 0 Å². The molecule has 0 spiro atoms. The summed E-state index contributed by atoms with van der Waals surface area (Å²) in [4.78, 5) is 0. The van der Waals surface area contributed by atoms with Crippen molar-refractivity contribution in [2.45, 2.75) is 57.8 Å². The largest absolute Gasteiger partial charge is 1.00 e. The first kappa shape index (κ1) is 21.1. The van der Waals surface area contributed by atoms with Gasteiger partial charge in [-0.25, -0.2) is 8.42 Å². The first-order valence-electron chi connectivity index (χ1n) is 6.36. The van der Waals surface area contributed by atoms with Crippen LogP contribution >= 0.6 is 0 Å². The summed E-state index contributed by atoms with van der Waals surface area (Å²) >= 11 is 0. The van der Waals surface area contributed by atoms with E-state index in [0.29, 0.717) is 6.42 Å². The second-order valence-corrected chi connectivity index (χ2v) is 5.25. The first-order chi connectivity index (χ1) is 8.06. The van der Waals surface area contributed by atoms with E-state index in [1.165, 1.54) is 25.7 Å². The molecule has 0 fully saturated rings. The molecule has 0 rings (SSSR count). The molecule has 0 aromatic heterocycles. The van der Waals surface area contributed by atoms with Crippen LogP contribution in [-0.4, -0.2) is 26.1 Å². The van der Waals surface area contributed by atoms with E-state index in [4.69, 9.17) is 5.73 Å². The van der Waals surface area contributed by atoms with E-state index in [9.17, 15) is 13.0 Å². The van der Waals surface area contributed by atoms with Gasteiger partial charge in [0.1, 0.15) is 0 Å². The van der Waals surface area contributed by atoms with Crippen molar-refractivity contribution < 1.29 is 46.7 Å². The van der Waals surface area contributed by atoms with Crippen LogP contribution in [0.3, 0.4) is 0 Å². The molecule has 0 heterocycles. The van der Waals surface area contributed by atoms with E-state index < -0.39 is 10.4 Å². The van der Waals surface area contributed by atoms with Crippen molar-refractivity contribution >= 4 is 10.4 Å². The zero-order valence-electron chi connectivity index (χ0n) is 11.4. The third-order valence-corrected chi connectivity index (χ3v) is 3.03. The maximum absolute atomic E-state index is 10.1. The second kappa shape index (κ2) is 14.2. The molecule has 0 unspecified atom stereocenters. The second-order valence-electron chi connectivity index (χ2n) is 4.20. The molecule has 7 heteroatoms. The van der Waals surface area contributed by atoms with Crippen LogP contribution in [0.5, 0.6) is 0 Å². The monoisotopic (exact) mass is 289 g/mol. The van der Waals surface area contributed by atoms with Crippen LogP contribution in [-0.2, 0) is 14.6 Å². The summed E-state index contributed by atoms with van der Waals surface area (Å²) in [6.07, 6.45) is 9.80. The average molecular weight is 289 g/mol. The van der Waals surface area contributed by atoms with Crippen molar-refractivity contribution in [1.82, 2.24) is 0 Å². The fraction of sp³-hybridized carbons (Fsp3) is 1.00. The first-order valence-corrected chi connectivity index (χ1v) is 7.70. The van der Waals surface area contributed by atoms with Crippen molar-refractivity contribution in [3.8, 4) is 0 Å². The predicted molar refractivity (Wildman–Crippen MR) is 66.3 cm³/mol. The molecule has 0 radical (unpaired) electrons. The van der Waals surface area contributed by atoms with Crippen LogP contribution < -0.4 is 35.3 Å². The van der Waals surface area contributed by atoms with Crippen molar-refractivity contribution in [3.63, 3.8) is 0 Å². The molecule has 0 aliphatic heterocycles. The molecule has 5 nitrogen and oxygen atoms in total. The van der Waals surface area contributed by atoms with Gasteiger partial charge in [-0.1, -0.05) is 44.9 Å². The van der Waals surface area contributed by atoms with E-state index in [0.717, 1.165) is 32.2 Å². The fourth-order valence-corrected chi connectivity index (χ4v) is 1.97. The van der Waals surface area contributed by atoms with Gasteiger partial charge in [0.25, 0.3) is 0 Å². The molecule has 0 aromatic rings. The average Bonchev–Trinajstić information content (AvgIpc) is 2.24. The van der Waals surface area contributed by atoms with Gasteiger partial charge in [0, 0.05) is 0 Å². The maximum Gasteiger partial charge on any atom is 1.00 e. The van der Waals surface area contributed by atoms with Crippen LogP contribution in [0.15, 0.2) is 0 Å². The Bertz CT molecular complexity index is 260. The third kappa shape index (κ3) is 19.2. The molecule has 0 aliphatic carbocycles. The van der Waals surface area contributed by atoms with Crippen LogP contribution in [0.25, 0.3) is 0 Å². The number of hydrogen-bond acceptors (Lipinski definition) is 5. The SMILES string of the molecule is NCCCCCCCCCCCOS(=O)(=O)[O-].[Na+]. The minimum Gasteiger partial charge on any atom is -0.726 e. The molecule has 18 heavy (non-hydrogen) atoms. The minimum atomic E-state index is -4.49. The molecule has 0 aliphatic rings. The number of unbranched alkanes of at least 4 members (excludes halogenated alkanes) is 8. The van der Waals surface area contributed by atoms with Gasteiger partial charge >= 0.3 is 29.6 Å². The van der Waals surface area contributed by atoms with Gasteiger partial charge in [-0.2, -0.15) is 0 Å². The van der Waals surface area contributed by atoms with Gasteiger partial charge in [-0.05, 0) is 19.4 Å². The quantitative estimate of drug-likeness (QED) is 0.214. The van der Waals surface area contributed by atoms with Gasteiger partial charge in [0.15, 0.2) is 0 Å². The van der Waals surface area contributed by atoms with E-state index >= 15 is 0 Å². The molecule has 104 valence electrons. The summed E-state index contributed by atoms with van der Waals surface area (Å²) in [5, 5.41) is 0. The third-order valence-electron chi connectivity index (χ3n) is 2.58. The predicted octanol–water partition coefficient (Wildman–Crippen LogP) is -1.06. The number of rotatable bonds is 12. The minimum absolute atomic E-state index is 0. The molecule has 0 bridgehead atoms. The Hall–Kier alpha value is 0.830. The summed E-state index contributed by atoms with van der Waals surface area (Å²) in [5.41, 5.74) is 5.39. The molecular weight excluding hydrogens is 265 g/mol. The van der Waals surface area contributed by atoms with Crippen molar-refractivity contribution in [2.75, 3.05) is 13.2 Å². The van der Waals surface area contributed by atoms with Crippen LogP contribution in [0.1, 0.15) is 57.8 Å². The van der Waals surface area contributed by atoms with E-state index in [1.54, 1.807) is 0 Å². The van der Waals surface area contributed by atoms with E-state index in [1.807, 2.05) is 0 Å². The Kier molecular flexibility index (Phi) is 16.7. The zero-order chi connectivity index (χ0) is 13.0. The van der Waals surface area contributed by atoms with Crippen molar-refractivity contribution in [2.24, 2.45) is 5.73 Å². The Balaban J connectivity index is 0. The van der Waals surface area contributed by atoms with E-state index in [-0.39, 0.29) is 36.2 Å². The maximum atomic E-state index is 10.1. The van der Waals surface area contributed by atoms with Gasteiger partial charge in [0.05, 0.1) is 6.61 Å². The molecule has 0 aromatic carbocycles. The number of nitrogens with two attached hydrogens (primary N) is 1. The molecule has 2 N–H and O–H groups in total. The Labute approximate surface area is 133 Å². The van der Waals surface area contributed by atoms with Gasteiger partial charge in [-0.15, -0.1) is 0 Å². The van der Waals surface area contributed by atoms with Crippen LogP contribution in [0, 0.1) is 0 Å². The van der Waals surface area contributed by atoms with Crippen molar-refractivity contribution in [1.29, 1.82) is 0 Å². The van der Waals surface area contributed by atoms with Gasteiger partial charge < -0.3 is 10.3 Å². The Morgan fingerprint density at radius 2 is 1.22 bits per heavy atom. The summed E-state index contributed by atoms with van der Waals surface area (Å²) in [7, 11) is -4.49. The summed E-state index contributed by atoms with van der Waals surface area (Å²) in [5.74, 6) is 0. The van der Waals surface area contributed by atoms with Gasteiger partial charge in [-0.3, -0.25) is 4.18 Å². The topological polar surface area (TPSA) is 92.5 Å². The Morgan fingerprint density at radius 3 is 1.61 bits per heavy atom. The molecule has 0 atom stereocenters. The summed E-state index contributed by atoms with van der Waals surface area (Å²) in [6.45, 7) is 0.797. The molecule has 0 saturated heterocycles. The standard InChI is InChI=1S/C11H25NO4S.Na/c12-10-8-6-4-2-1-3-5-7-9-11-16-17(13,14)15;/h1-12H2,(H,13,14,15);/q;+1/p-1. The summed E-state index contributed by atoms with van der Waals surface area (Å²) in [6, 6.07) is 0. The molecular formula is C11H24NNaO4S. The zero-order valence-corrected chi connectivity index (χ0v) is 14.2. The van der Waals surface area contributed by atoms with Crippen molar-refractivity contribution in [3.05, 3.63) is 0 Å². The molecule has 0 amide bonds. The molecule has 0 saturated carbocycles. The van der Waals surface area contributed by atoms with Gasteiger partial charge in [0.2, 0.25) is 10.4 Å². The summed E-state index contributed by atoms with van der Waals surface area (Å²) < 4.78 is 34.4. The fourth-order valence-electron chi connectivity index (χ4n) is 1.64. The Morgan fingerprint density at radius 1 is 0.833 bits per heavy atom. The smallest absolute Gasteiger partial charge is 0.726 e. The number of hydrogen-bond donors (Lipinski definition) is 1.